The van der Waals surface area contributed by atoms with E-state index in [4.69, 9.17) is 15.2 Å². The van der Waals surface area contributed by atoms with Crippen LogP contribution in [0.2, 0.25) is 0 Å². The SMILES string of the molecule is C=C(N)CN1CCOC(OC(C)c2ccccc2)C1c1ccccc1. The zero-order chi connectivity index (χ0) is 17.6. The molecule has 4 nitrogen and oxygen atoms in total. The molecule has 2 aromatic rings. The predicted octanol–water partition coefficient (Wildman–Crippen LogP) is 3.64. The molecule has 0 radical (unpaired) electrons. The van der Waals surface area contributed by atoms with Gasteiger partial charge in [-0.05, 0) is 18.1 Å². The van der Waals surface area contributed by atoms with Crippen molar-refractivity contribution in [1.82, 2.24) is 4.90 Å². The van der Waals surface area contributed by atoms with Crippen molar-refractivity contribution >= 4 is 0 Å². The molecule has 3 unspecified atom stereocenters. The lowest BCUT2D eigenvalue weighted by atomic mass is 10.0. The largest absolute Gasteiger partial charge is 0.401 e. The van der Waals surface area contributed by atoms with Crippen molar-refractivity contribution in [2.24, 2.45) is 5.73 Å². The highest BCUT2D eigenvalue weighted by Gasteiger charge is 2.35. The molecule has 1 heterocycles. The fourth-order valence-corrected chi connectivity index (χ4v) is 3.26. The predicted molar refractivity (Wildman–Crippen MR) is 99.8 cm³/mol. The molecule has 0 saturated carbocycles. The third-order valence-corrected chi connectivity index (χ3v) is 4.47. The zero-order valence-electron chi connectivity index (χ0n) is 14.7. The summed E-state index contributed by atoms with van der Waals surface area (Å²) in [5.74, 6) is 0. The lowest BCUT2D eigenvalue weighted by molar-refractivity contribution is -0.228. The van der Waals surface area contributed by atoms with Crippen LogP contribution in [0.5, 0.6) is 0 Å². The van der Waals surface area contributed by atoms with Gasteiger partial charge in [0.25, 0.3) is 0 Å². The Hall–Kier alpha value is -2.14. The summed E-state index contributed by atoms with van der Waals surface area (Å²) in [5.41, 5.74) is 8.83. The molecule has 0 spiro atoms. The van der Waals surface area contributed by atoms with Gasteiger partial charge in [-0.3, -0.25) is 4.90 Å². The minimum absolute atomic E-state index is 0.0126. The zero-order valence-corrected chi connectivity index (χ0v) is 14.7. The second-order valence-corrected chi connectivity index (χ2v) is 6.41. The molecule has 1 saturated heterocycles. The van der Waals surface area contributed by atoms with Crippen LogP contribution in [0.15, 0.2) is 72.9 Å². The Morgan fingerprint density at radius 3 is 2.48 bits per heavy atom. The monoisotopic (exact) mass is 338 g/mol. The maximum atomic E-state index is 6.32. The van der Waals surface area contributed by atoms with Crippen LogP contribution in [0.1, 0.15) is 30.2 Å². The molecular weight excluding hydrogens is 312 g/mol. The molecule has 1 aliphatic rings. The fraction of sp³-hybridized carbons (Fsp3) is 0.333. The van der Waals surface area contributed by atoms with Gasteiger partial charge < -0.3 is 15.2 Å². The third kappa shape index (κ3) is 4.48. The molecule has 1 aliphatic heterocycles. The minimum Gasteiger partial charge on any atom is -0.401 e. The maximum Gasteiger partial charge on any atom is 0.177 e. The number of ether oxygens (including phenoxy) is 2. The van der Waals surface area contributed by atoms with Crippen LogP contribution in [-0.4, -0.2) is 30.9 Å². The van der Waals surface area contributed by atoms with Crippen LogP contribution >= 0.6 is 0 Å². The second kappa shape index (κ2) is 8.30. The molecule has 0 amide bonds. The van der Waals surface area contributed by atoms with Crippen molar-refractivity contribution in [2.75, 3.05) is 19.7 Å². The Labute approximate surface area is 149 Å². The van der Waals surface area contributed by atoms with Crippen molar-refractivity contribution in [3.63, 3.8) is 0 Å². The maximum absolute atomic E-state index is 6.32. The summed E-state index contributed by atoms with van der Waals surface area (Å²) in [5, 5.41) is 0. The van der Waals surface area contributed by atoms with E-state index in [1.807, 2.05) is 36.4 Å². The summed E-state index contributed by atoms with van der Waals surface area (Å²) in [6.07, 6.45) is -0.413. The Morgan fingerprint density at radius 2 is 1.84 bits per heavy atom. The van der Waals surface area contributed by atoms with E-state index >= 15 is 0 Å². The Morgan fingerprint density at radius 1 is 1.20 bits per heavy atom. The number of rotatable bonds is 6. The van der Waals surface area contributed by atoms with Crippen molar-refractivity contribution in [1.29, 1.82) is 0 Å². The molecule has 3 atom stereocenters. The number of nitrogens with zero attached hydrogens (tertiary/aromatic N) is 1. The smallest absolute Gasteiger partial charge is 0.177 e. The average Bonchev–Trinajstić information content (AvgIpc) is 2.63. The van der Waals surface area contributed by atoms with Crippen molar-refractivity contribution in [3.05, 3.63) is 84.1 Å². The van der Waals surface area contributed by atoms with Gasteiger partial charge in [0.05, 0.1) is 18.8 Å². The topological polar surface area (TPSA) is 47.7 Å². The molecule has 0 bridgehead atoms. The van der Waals surface area contributed by atoms with Crippen molar-refractivity contribution in [2.45, 2.75) is 25.4 Å². The van der Waals surface area contributed by atoms with E-state index in [2.05, 4.69) is 42.7 Å². The van der Waals surface area contributed by atoms with Gasteiger partial charge in [-0.2, -0.15) is 0 Å². The molecule has 2 N–H and O–H groups in total. The standard InChI is InChI=1S/C21H26N2O2/c1-16(22)15-23-13-14-24-21(20(23)19-11-7-4-8-12-19)25-17(2)18-9-5-3-6-10-18/h3-12,17,20-21H,1,13-15,22H2,2H3. The molecular formula is C21H26N2O2. The quantitative estimate of drug-likeness (QED) is 0.874. The molecule has 132 valence electrons. The van der Waals surface area contributed by atoms with Gasteiger partial charge in [0.1, 0.15) is 0 Å². The highest BCUT2D eigenvalue weighted by Crippen LogP contribution is 2.33. The Balaban J connectivity index is 1.83. The number of hydrogen-bond acceptors (Lipinski definition) is 4. The summed E-state index contributed by atoms with van der Waals surface area (Å²) in [6.45, 7) is 7.96. The first-order valence-corrected chi connectivity index (χ1v) is 8.69. The van der Waals surface area contributed by atoms with E-state index in [0.717, 1.165) is 17.7 Å². The minimum atomic E-state index is -0.356. The summed E-state index contributed by atoms with van der Waals surface area (Å²) in [6, 6.07) is 20.5. The molecule has 1 fully saturated rings. The van der Waals surface area contributed by atoms with Gasteiger partial charge >= 0.3 is 0 Å². The number of morpholine rings is 1. The van der Waals surface area contributed by atoms with E-state index in [-0.39, 0.29) is 18.4 Å². The molecule has 3 rings (SSSR count). The van der Waals surface area contributed by atoms with E-state index in [1.165, 1.54) is 0 Å². The fourth-order valence-electron chi connectivity index (χ4n) is 3.26. The van der Waals surface area contributed by atoms with Crippen LogP contribution in [0, 0.1) is 0 Å². The van der Waals surface area contributed by atoms with Crippen LogP contribution < -0.4 is 5.73 Å². The van der Waals surface area contributed by atoms with Crippen LogP contribution in [0.4, 0.5) is 0 Å². The van der Waals surface area contributed by atoms with Gasteiger partial charge in [-0.1, -0.05) is 67.2 Å². The summed E-state index contributed by atoms with van der Waals surface area (Å²) >= 11 is 0. The summed E-state index contributed by atoms with van der Waals surface area (Å²) < 4.78 is 12.3. The Bertz CT molecular complexity index is 675. The van der Waals surface area contributed by atoms with Crippen LogP contribution in [0.3, 0.4) is 0 Å². The normalized spacial score (nSPS) is 22.4. The van der Waals surface area contributed by atoms with Crippen molar-refractivity contribution in [3.8, 4) is 0 Å². The highest BCUT2D eigenvalue weighted by atomic mass is 16.7. The molecule has 0 aliphatic carbocycles. The summed E-state index contributed by atoms with van der Waals surface area (Å²) in [4.78, 5) is 2.28. The molecule has 0 aromatic heterocycles. The number of hydrogen-bond donors (Lipinski definition) is 1. The van der Waals surface area contributed by atoms with Crippen molar-refractivity contribution < 1.29 is 9.47 Å². The molecule has 4 heteroatoms. The lowest BCUT2D eigenvalue weighted by Crippen LogP contribution is -2.47. The first-order valence-electron chi connectivity index (χ1n) is 8.69. The summed E-state index contributed by atoms with van der Waals surface area (Å²) in [7, 11) is 0. The molecule has 2 aromatic carbocycles. The van der Waals surface area contributed by atoms with E-state index in [1.54, 1.807) is 0 Å². The van der Waals surface area contributed by atoms with E-state index in [0.29, 0.717) is 18.8 Å². The van der Waals surface area contributed by atoms with Gasteiger partial charge in [-0.15, -0.1) is 0 Å². The number of nitrogens with two attached hydrogens (primary N) is 1. The first-order chi connectivity index (χ1) is 12.1. The first kappa shape index (κ1) is 17.7. The van der Waals surface area contributed by atoms with Gasteiger partial charge in [0, 0.05) is 18.8 Å². The number of benzene rings is 2. The highest BCUT2D eigenvalue weighted by molar-refractivity contribution is 5.21. The van der Waals surface area contributed by atoms with Gasteiger partial charge in [0.15, 0.2) is 6.29 Å². The van der Waals surface area contributed by atoms with Gasteiger partial charge in [0.2, 0.25) is 0 Å². The average molecular weight is 338 g/mol. The molecule has 25 heavy (non-hydrogen) atoms. The van der Waals surface area contributed by atoms with Crippen LogP contribution in [0.25, 0.3) is 0 Å². The second-order valence-electron chi connectivity index (χ2n) is 6.41. The third-order valence-electron chi connectivity index (χ3n) is 4.47. The van der Waals surface area contributed by atoms with E-state index < -0.39 is 0 Å². The lowest BCUT2D eigenvalue weighted by Gasteiger charge is -2.42. The van der Waals surface area contributed by atoms with Crippen LogP contribution in [-0.2, 0) is 9.47 Å². The van der Waals surface area contributed by atoms with Gasteiger partial charge in [-0.25, -0.2) is 0 Å². The Kier molecular flexibility index (Phi) is 5.87. The van der Waals surface area contributed by atoms with E-state index in [9.17, 15) is 0 Å².